The molecular formula is C18H23N3O2. The average molecular weight is 313 g/mol. The molecule has 23 heavy (non-hydrogen) atoms. The molecule has 1 amide bonds. The first-order valence-electron chi connectivity index (χ1n) is 8.51. The number of nitrogens with one attached hydrogen (secondary N) is 1. The van der Waals surface area contributed by atoms with Gasteiger partial charge in [-0.05, 0) is 25.3 Å². The van der Waals surface area contributed by atoms with Crippen LogP contribution in [0.1, 0.15) is 55.9 Å². The lowest BCUT2D eigenvalue weighted by Gasteiger charge is -2.23. The van der Waals surface area contributed by atoms with Gasteiger partial charge in [0.2, 0.25) is 0 Å². The average Bonchev–Trinajstić information content (AvgIpc) is 2.58. The molecule has 3 rings (SSSR count). The molecule has 0 bridgehead atoms. The molecule has 1 aromatic carbocycles. The third kappa shape index (κ3) is 3.28. The molecule has 1 fully saturated rings. The Morgan fingerprint density at radius 2 is 1.91 bits per heavy atom. The van der Waals surface area contributed by atoms with E-state index in [1.807, 2.05) is 19.1 Å². The van der Waals surface area contributed by atoms with Crippen molar-refractivity contribution in [2.45, 2.75) is 58.0 Å². The molecule has 1 heterocycles. The van der Waals surface area contributed by atoms with Crippen molar-refractivity contribution >= 4 is 16.7 Å². The van der Waals surface area contributed by atoms with Crippen LogP contribution in [0.15, 0.2) is 29.1 Å². The van der Waals surface area contributed by atoms with Crippen LogP contribution >= 0.6 is 0 Å². The summed E-state index contributed by atoms with van der Waals surface area (Å²) in [4.78, 5) is 25.2. The molecule has 1 aromatic heterocycles. The van der Waals surface area contributed by atoms with Gasteiger partial charge in [-0.2, -0.15) is 5.10 Å². The number of fused-ring (bicyclic) bond motifs is 1. The topological polar surface area (TPSA) is 64.0 Å². The molecule has 0 spiro atoms. The lowest BCUT2D eigenvalue weighted by molar-refractivity contribution is 0.0922. The van der Waals surface area contributed by atoms with Gasteiger partial charge in [0, 0.05) is 18.0 Å². The van der Waals surface area contributed by atoms with E-state index in [9.17, 15) is 9.59 Å². The Morgan fingerprint density at radius 3 is 2.61 bits per heavy atom. The first kappa shape index (κ1) is 15.7. The predicted octanol–water partition coefficient (Wildman–Crippen LogP) is 2.87. The molecule has 0 unspecified atom stereocenters. The Bertz CT molecular complexity index is 760. The lowest BCUT2D eigenvalue weighted by atomic mass is 9.95. The highest BCUT2D eigenvalue weighted by Gasteiger charge is 2.20. The highest BCUT2D eigenvalue weighted by molar-refractivity contribution is 6.04. The maximum Gasteiger partial charge on any atom is 0.274 e. The van der Waals surface area contributed by atoms with E-state index < -0.39 is 0 Å². The number of carbonyl (C=O) groups is 1. The van der Waals surface area contributed by atoms with Crippen LogP contribution in [-0.2, 0) is 6.54 Å². The smallest absolute Gasteiger partial charge is 0.274 e. The second-order valence-corrected chi connectivity index (χ2v) is 6.23. The number of rotatable bonds is 4. The Hall–Kier alpha value is -2.17. The monoisotopic (exact) mass is 313 g/mol. The molecule has 1 saturated carbocycles. The highest BCUT2D eigenvalue weighted by Crippen LogP contribution is 2.19. The summed E-state index contributed by atoms with van der Waals surface area (Å²) in [6.07, 6.45) is 6.42. The molecule has 1 N–H and O–H groups in total. The Labute approximate surface area is 135 Å². The van der Waals surface area contributed by atoms with Crippen LogP contribution in [0.3, 0.4) is 0 Å². The zero-order valence-electron chi connectivity index (χ0n) is 13.5. The number of amides is 1. The van der Waals surface area contributed by atoms with E-state index in [1.54, 1.807) is 12.1 Å². The summed E-state index contributed by atoms with van der Waals surface area (Å²) >= 11 is 0. The summed E-state index contributed by atoms with van der Waals surface area (Å²) in [6.45, 7) is 2.51. The quantitative estimate of drug-likeness (QED) is 0.944. The fourth-order valence-electron chi connectivity index (χ4n) is 3.27. The summed E-state index contributed by atoms with van der Waals surface area (Å²) in [5.41, 5.74) is 0.232. The minimum Gasteiger partial charge on any atom is -0.348 e. The molecule has 122 valence electrons. The van der Waals surface area contributed by atoms with Crippen LogP contribution in [0.25, 0.3) is 10.8 Å². The fourth-order valence-corrected chi connectivity index (χ4v) is 3.27. The van der Waals surface area contributed by atoms with E-state index in [0.29, 0.717) is 23.0 Å². The van der Waals surface area contributed by atoms with Crippen molar-refractivity contribution in [3.05, 3.63) is 40.3 Å². The number of hydrogen-bond donors (Lipinski definition) is 1. The van der Waals surface area contributed by atoms with E-state index in [4.69, 9.17) is 0 Å². The maximum atomic E-state index is 12.7. The van der Waals surface area contributed by atoms with Crippen molar-refractivity contribution in [3.63, 3.8) is 0 Å². The summed E-state index contributed by atoms with van der Waals surface area (Å²) < 4.78 is 1.41. The molecule has 2 aromatic rings. The van der Waals surface area contributed by atoms with Crippen molar-refractivity contribution in [2.75, 3.05) is 0 Å². The van der Waals surface area contributed by atoms with Crippen LogP contribution in [0, 0.1) is 0 Å². The molecule has 0 atom stereocenters. The maximum absolute atomic E-state index is 12.7. The largest absolute Gasteiger partial charge is 0.348 e. The van der Waals surface area contributed by atoms with Crippen LogP contribution in [0.5, 0.6) is 0 Å². The van der Waals surface area contributed by atoms with Crippen LogP contribution in [0.4, 0.5) is 0 Å². The van der Waals surface area contributed by atoms with Gasteiger partial charge in [-0.25, -0.2) is 4.68 Å². The number of aromatic nitrogens is 2. The standard InChI is InChI=1S/C18H23N3O2/c1-2-12-21-18(23)15-11-7-6-10-14(15)16(20-21)17(22)19-13-8-4-3-5-9-13/h6-7,10-11,13H,2-5,8-9,12H2,1H3,(H,19,22). The van der Waals surface area contributed by atoms with Gasteiger partial charge < -0.3 is 5.32 Å². The molecule has 0 radical (unpaired) electrons. The number of hydrogen-bond acceptors (Lipinski definition) is 3. The van der Waals surface area contributed by atoms with Crippen molar-refractivity contribution < 1.29 is 4.79 Å². The lowest BCUT2D eigenvalue weighted by Crippen LogP contribution is -2.38. The molecule has 0 aliphatic heterocycles. The van der Waals surface area contributed by atoms with Crippen LogP contribution in [0.2, 0.25) is 0 Å². The van der Waals surface area contributed by atoms with E-state index >= 15 is 0 Å². The second-order valence-electron chi connectivity index (χ2n) is 6.23. The zero-order chi connectivity index (χ0) is 16.2. The summed E-state index contributed by atoms with van der Waals surface area (Å²) in [5.74, 6) is -0.169. The number of carbonyl (C=O) groups excluding carboxylic acids is 1. The Balaban J connectivity index is 1.99. The van der Waals surface area contributed by atoms with E-state index in [1.165, 1.54) is 11.1 Å². The minimum absolute atomic E-state index is 0.128. The Morgan fingerprint density at radius 1 is 1.22 bits per heavy atom. The van der Waals surface area contributed by atoms with Crippen molar-refractivity contribution in [2.24, 2.45) is 0 Å². The van der Waals surface area contributed by atoms with E-state index in [0.717, 1.165) is 32.1 Å². The van der Waals surface area contributed by atoms with Gasteiger partial charge in [-0.15, -0.1) is 0 Å². The van der Waals surface area contributed by atoms with E-state index in [2.05, 4.69) is 10.4 Å². The third-order valence-corrected chi connectivity index (χ3v) is 4.46. The SMILES string of the molecule is CCCn1nc(C(=O)NC2CCCCC2)c2ccccc2c1=O. The van der Waals surface area contributed by atoms with Gasteiger partial charge in [0.1, 0.15) is 0 Å². The van der Waals surface area contributed by atoms with Gasteiger partial charge in [0.25, 0.3) is 11.5 Å². The summed E-state index contributed by atoms with van der Waals surface area (Å²) in [6, 6.07) is 7.45. The first-order valence-corrected chi connectivity index (χ1v) is 8.51. The molecule has 0 saturated heterocycles. The fraction of sp³-hybridized carbons (Fsp3) is 0.500. The van der Waals surface area contributed by atoms with Crippen molar-refractivity contribution in [3.8, 4) is 0 Å². The third-order valence-electron chi connectivity index (χ3n) is 4.46. The number of benzene rings is 1. The normalized spacial score (nSPS) is 15.7. The zero-order valence-corrected chi connectivity index (χ0v) is 13.5. The van der Waals surface area contributed by atoms with Gasteiger partial charge in [-0.1, -0.05) is 44.4 Å². The highest BCUT2D eigenvalue weighted by atomic mass is 16.2. The molecule has 5 heteroatoms. The minimum atomic E-state index is -0.169. The first-order chi connectivity index (χ1) is 11.2. The van der Waals surface area contributed by atoms with E-state index in [-0.39, 0.29) is 17.5 Å². The molecular weight excluding hydrogens is 290 g/mol. The molecule has 5 nitrogen and oxygen atoms in total. The van der Waals surface area contributed by atoms with Gasteiger partial charge >= 0.3 is 0 Å². The van der Waals surface area contributed by atoms with Gasteiger partial charge in [0.05, 0.1) is 5.39 Å². The molecule has 1 aliphatic rings. The second kappa shape index (κ2) is 6.94. The van der Waals surface area contributed by atoms with Gasteiger partial charge in [-0.3, -0.25) is 9.59 Å². The summed E-state index contributed by atoms with van der Waals surface area (Å²) in [7, 11) is 0. The Kier molecular flexibility index (Phi) is 4.74. The van der Waals surface area contributed by atoms with Gasteiger partial charge in [0.15, 0.2) is 5.69 Å². The molecule has 1 aliphatic carbocycles. The number of nitrogens with zero attached hydrogens (tertiary/aromatic N) is 2. The summed E-state index contributed by atoms with van der Waals surface area (Å²) in [5, 5.41) is 8.64. The number of aryl methyl sites for hydroxylation is 1. The predicted molar refractivity (Wildman–Crippen MR) is 90.6 cm³/mol. The van der Waals surface area contributed by atoms with Crippen molar-refractivity contribution in [1.82, 2.24) is 15.1 Å². The van der Waals surface area contributed by atoms with Crippen molar-refractivity contribution in [1.29, 1.82) is 0 Å². The van der Waals surface area contributed by atoms with Crippen LogP contribution in [-0.4, -0.2) is 21.7 Å². The van der Waals surface area contributed by atoms with Crippen LogP contribution < -0.4 is 10.9 Å².